The lowest BCUT2D eigenvalue weighted by molar-refractivity contribution is -0.384. The molecule has 2 heterocycles. The molecule has 8 heteroatoms. The molecule has 1 aliphatic rings. The molecule has 0 N–H and O–H groups in total. The van der Waals surface area contributed by atoms with E-state index in [1.807, 2.05) is 42.5 Å². The van der Waals surface area contributed by atoms with Crippen LogP contribution in [0.4, 0.5) is 11.4 Å². The van der Waals surface area contributed by atoms with Crippen molar-refractivity contribution in [2.24, 2.45) is 0 Å². The Labute approximate surface area is 168 Å². The summed E-state index contributed by atoms with van der Waals surface area (Å²) in [5.74, 6) is 1.60. The van der Waals surface area contributed by atoms with Crippen molar-refractivity contribution < 1.29 is 14.2 Å². The number of para-hydroxylation sites is 2. The number of nitro groups is 1. The molecule has 8 nitrogen and oxygen atoms in total. The highest BCUT2D eigenvalue weighted by Gasteiger charge is 2.24. The number of benzene rings is 2. The molecule has 0 atom stereocenters. The van der Waals surface area contributed by atoms with Gasteiger partial charge >= 0.3 is 0 Å². The van der Waals surface area contributed by atoms with Gasteiger partial charge in [-0.05, 0) is 30.3 Å². The van der Waals surface area contributed by atoms with Gasteiger partial charge in [0.05, 0.1) is 18.6 Å². The van der Waals surface area contributed by atoms with E-state index in [-0.39, 0.29) is 10.6 Å². The molecule has 0 unspecified atom stereocenters. The Morgan fingerprint density at radius 3 is 2.52 bits per heavy atom. The fourth-order valence-electron chi connectivity index (χ4n) is 3.54. The molecule has 0 aliphatic carbocycles. The molecule has 1 aromatic heterocycles. The maximum atomic E-state index is 11.3. The van der Waals surface area contributed by atoms with Crippen molar-refractivity contribution in [3.8, 4) is 17.0 Å². The summed E-state index contributed by atoms with van der Waals surface area (Å²) in [5.41, 5.74) is 2.60. The van der Waals surface area contributed by atoms with Crippen molar-refractivity contribution in [3.05, 3.63) is 70.5 Å². The molecule has 0 amide bonds. The van der Waals surface area contributed by atoms with Gasteiger partial charge in [-0.3, -0.25) is 15.0 Å². The van der Waals surface area contributed by atoms with Gasteiger partial charge in [0.1, 0.15) is 17.1 Å². The zero-order chi connectivity index (χ0) is 20.2. The number of anilines is 1. The maximum absolute atomic E-state index is 11.3. The Bertz CT molecular complexity index is 978. The van der Waals surface area contributed by atoms with Crippen LogP contribution in [0.15, 0.2) is 59.1 Å². The monoisotopic (exact) mass is 394 g/mol. The van der Waals surface area contributed by atoms with Crippen LogP contribution in [0.3, 0.4) is 0 Å². The Morgan fingerprint density at radius 2 is 1.83 bits per heavy atom. The van der Waals surface area contributed by atoms with E-state index in [4.69, 9.17) is 9.26 Å². The van der Waals surface area contributed by atoms with E-state index in [2.05, 4.69) is 15.0 Å². The van der Waals surface area contributed by atoms with Gasteiger partial charge in [0, 0.05) is 43.9 Å². The minimum atomic E-state index is -0.322. The second kappa shape index (κ2) is 8.32. The third-order valence-electron chi connectivity index (χ3n) is 5.12. The number of nitro benzene ring substituents is 1. The molecule has 1 saturated heterocycles. The van der Waals surface area contributed by atoms with Crippen LogP contribution >= 0.6 is 0 Å². The van der Waals surface area contributed by atoms with Crippen molar-refractivity contribution >= 4 is 11.4 Å². The normalized spacial score (nSPS) is 14.7. The number of hydrogen-bond donors (Lipinski definition) is 0. The van der Waals surface area contributed by atoms with Crippen molar-refractivity contribution in [1.82, 2.24) is 10.1 Å². The van der Waals surface area contributed by atoms with Gasteiger partial charge in [-0.2, -0.15) is 0 Å². The summed E-state index contributed by atoms with van der Waals surface area (Å²) in [5, 5.41) is 15.4. The summed E-state index contributed by atoms with van der Waals surface area (Å²) in [4.78, 5) is 15.3. The van der Waals surface area contributed by atoms with E-state index in [0.29, 0.717) is 12.2 Å². The Kier molecular flexibility index (Phi) is 5.44. The first kappa shape index (κ1) is 18.9. The van der Waals surface area contributed by atoms with E-state index in [1.165, 1.54) is 0 Å². The van der Waals surface area contributed by atoms with Crippen LogP contribution in [0.25, 0.3) is 11.3 Å². The van der Waals surface area contributed by atoms with Gasteiger partial charge in [-0.25, -0.2) is 0 Å². The van der Waals surface area contributed by atoms with Crippen molar-refractivity contribution in [3.63, 3.8) is 0 Å². The van der Waals surface area contributed by atoms with E-state index in [1.54, 1.807) is 19.2 Å². The predicted molar refractivity (Wildman–Crippen MR) is 109 cm³/mol. The zero-order valence-electron chi connectivity index (χ0n) is 16.2. The summed E-state index contributed by atoms with van der Waals surface area (Å²) in [6, 6.07) is 16.5. The van der Waals surface area contributed by atoms with Crippen LogP contribution < -0.4 is 9.64 Å². The molecule has 1 fully saturated rings. The molecule has 0 spiro atoms. The summed E-state index contributed by atoms with van der Waals surface area (Å²) in [7, 11) is 1.64. The highest BCUT2D eigenvalue weighted by Crippen LogP contribution is 2.29. The molecule has 0 bridgehead atoms. The summed E-state index contributed by atoms with van der Waals surface area (Å²) in [6.07, 6.45) is 0. The predicted octanol–water partition coefficient (Wildman–Crippen LogP) is 3.58. The van der Waals surface area contributed by atoms with E-state index >= 15 is 0 Å². The number of aromatic nitrogens is 1. The molecule has 29 heavy (non-hydrogen) atoms. The Balaban J connectivity index is 1.37. The average Bonchev–Trinajstić information content (AvgIpc) is 3.23. The van der Waals surface area contributed by atoms with Crippen molar-refractivity contribution in [2.45, 2.75) is 6.54 Å². The van der Waals surface area contributed by atoms with Gasteiger partial charge in [0.15, 0.2) is 5.76 Å². The third-order valence-corrected chi connectivity index (χ3v) is 5.12. The highest BCUT2D eigenvalue weighted by molar-refractivity contribution is 5.63. The van der Waals surface area contributed by atoms with Gasteiger partial charge in [-0.15, -0.1) is 0 Å². The second-order valence-corrected chi connectivity index (χ2v) is 6.92. The summed E-state index contributed by atoms with van der Waals surface area (Å²) < 4.78 is 10.7. The lowest BCUT2D eigenvalue weighted by Gasteiger charge is -2.35. The highest BCUT2D eigenvalue weighted by atomic mass is 16.6. The molecule has 0 saturated carbocycles. The SMILES string of the molecule is COc1ccc(-c2cc(CN3CCN(c4ccccc4[N+](=O)[O-])CC3)on2)cc1. The van der Waals surface area contributed by atoms with Crippen molar-refractivity contribution in [1.29, 1.82) is 0 Å². The molecule has 4 rings (SSSR count). The summed E-state index contributed by atoms with van der Waals surface area (Å²) in [6.45, 7) is 3.71. The molecular formula is C21H22N4O4. The van der Waals surface area contributed by atoms with Crippen LogP contribution in [-0.4, -0.2) is 48.3 Å². The summed E-state index contributed by atoms with van der Waals surface area (Å²) >= 11 is 0. The first-order valence-electron chi connectivity index (χ1n) is 9.45. The number of piperazine rings is 1. The topological polar surface area (TPSA) is 84.9 Å². The number of nitrogens with zero attached hydrogens (tertiary/aromatic N) is 4. The average molecular weight is 394 g/mol. The van der Waals surface area contributed by atoms with Crippen LogP contribution in [0.5, 0.6) is 5.75 Å². The lowest BCUT2D eigenvalue weighted by Crippen LogP contribution is -2.46. The van der Waals surface area contributed by atoms with Crippen LogP contribution in [-0.2, 0) is 6.54 Å². The Morgan fingerprint density at radius 1 is 1.10 bits per heavy atom. The maximum Gasteiger partial charge on any atom is 0.292 e. The number of ether oxygens (including phenoxy) is 1. The third kappa shape index (κ3) is 4.22. The fourth-order valence-corrected chi connectivity index (χ4v) is 3.54. The number of rotatable bonds is 6. The van der Waals surface area contributed by atoms with Gasteiger partial charge in [0.25, 0.3) is 5.69 Å². The van der Waals surface area contributed by atoms with Gasteiger partial charge < -0.3 is 14.2 Å². The lowest BCUT2D eigenvalue weighted by atomic mass is 10.1. The standard InChI is InChI=1S/C21H22N4O4/c1-28-17-8-6-16(7-9-17)19-14-18(29-22-19)15-23-10-12-24(13-11-23)20-4-2-3-5-21(20)25(26)27/h2-9,14H,10-13,15H2,1H3. The van der Waals surface area contributed by atoms with Gasteiger partial charge in [-0.1, -0.05) is 17.3 Å². The smallest absolute Gasteiger partial charge is 0.292 e. The second-order valence-electron chi connectivity index (χ2n) is 6.92. The zero-order valence-corrected chi connectivity index (χ0v) is 16.2. The first-order valence-corrected chi connectivity index (χ1v) is 9.45. The van der Waals surface area contributed by atoms with E-state index < -0.39 is 0 Å². The van der Waals surface area contributed by atoms with Crippen LogP contribution in [0.2, 0.25) is 0 Å². The quantitative estimate of drug-likeness (QED) is 0.467. The molecule has 150 valence electrons. The molecule has 2 aromatic carbocycles. The molecule has 3 aromatic rings. The number of methoxy groups -OCH3 is 1. The van der Waals surface area contributed by atoms with Crippen LogP contribution in [0, 0.1) is 10.1 Å². The largest absolute Gasteiger partial charge is 0.497 e. The van der Waals surface area contributed by atoms with E-state index in [0.717, 1.165) is 48.9 Å². The Hall–Kier alpha value is -3.39. The molecule has 1 aliphatic heterocycles. The minimum absolute atomic E-state index is 0.153. The van der Waals surface area contributed by atoms with E-state index in [9.17, 15) is 10.1 Å². The fraction of sp³-hybridized carbons (Fsp3) is 0.286. The van der Waals surface area contributed by atoms with Crippen LogP contribution in [0.1, 0.15) is 5.76 Å². The number of hydrogen-bond acceptors (Lipinski definition) is 7. The first-order chi connectivity index (χ1) is 14.1. The van der Waals surface area contributed by atoms with Crippen molar-refractivity contribution in [2.75, 3.05) is 38.2 Å². The minimum Gasteiger partial charge on any atom is -0.497 e. The molecule has 0 radical (unpaired) electrons. The van der Waals surface area contributed by atoms with Gasteiger partial charge in [0.2, 0.25) is 0 Å². The molecular weight excluding hydrogens is 372 g/mol.